The van der Waals surface area contributed by atoms with Gasteiger partial charge in [-0.2, -0.15) is 0 Å². The molecule has 1 aromatic rings. The van der Waals surface area contributed by atoms with Crippen LogP contribution >= 0.6 is 0 Å². The van der Waals surface area contributed by atoms with E-state index in [1.165, 1.54) is 0 Å². The highest BCUT2D eigenvalue weighted by molar-refractivity contribution is 5.26. The third-order valence-electron chi connectivity index (χ3n) is 2.60. The average molecular weight is 210 g/mol. The number of nitrogens with zero attached hydrogens (tertiary/aromatic N) is 2. The van der Waals surface area contributed by atoms with E-state index >= 15 is 0 Å². The average Bonchev–Trinajstić information content (AvgIpc) is 2.62. The molecule has 0 bridgehead atoms. The van der Waals surface area contributed by atoms with Crippen molar-refractivity contribution in [1.82, 2.24) is 9.55 Å². The number of hydrogen-bond donors (Lipinski definition) is 2. The normalized spacial score (nSPS) is 11.7. The molecule has 86 valence electrons. The third-order valence-corrected chi connectivity index (χ3v) is 2.60. The molecule has 1 aromatic heterocycles. The maximum atomic E-state index is 5.57. The van der Waals surface area contributed by atoms with Crippen molar-refractivity contribution >= 4 is 5.95 Å². The van der Waals surface area contributed by atoms with Crippen LogP contribution in [0.3, 0.4) is 0 Å². The third kappa shape index (κ3) is 3.55. The summed E-state index contributed by atoms with van der Waals surface area (Å²) < 4.78 is 2.10. The van der Waals surface area contributed by atoms with Gasteiger partial charge in [0.2, 0.25) is 5.95 Å². The first-order valence-corrected chi connectivity index (χ1v) is 5.54. The Balaban J connectivity index is 2.49. The molecule has 0 fully saturated rings. The minimum atomic E-state index is 0.221. The summed E-state index contributed by atoms with van der Waals surface area (Å²) in [6.07, 6.45) is 4.83. The smallest absolute Gasteiger partial charge is 0.202 e. The summed E-state index contributed by atoms with van der Waals surface area (Å²) in [7, 11) is 0. The van der Waals surface area contributed by atoms with Gasteiger partial charge < -0.3 is 15.6 Å². The molecule has 4 heteroatoms. The minimum absolute atomic E-state index is 0.221. The number of hydrogen-bond acceptors (Lipinski definition) is 3. The molecule has 0 unspecified atom stereocenters. The van der Waals surface area contributed by atoms with Crippen LogP contribution < -0.4 is 11.1 Å². The van der Waals surface area contributed by atoms with E-state index in [9.17, 15) is 0 Å². The van der Waals surface area contributed by atoms with E-state index < -0.39 is 0 Å². The molecule has 0 atom stereocenters. The molecule has 15 heavy (non-hydrogen) atoms. The van der Waals surface area contributed by atoms with Crippen LogP contribution in [0.1, 0.15) is 27.2 Å². The highest BCUT2D eigenvalue weighted by atomic mass is 15.2. The Morgan fingerprint density at radius 2 is 2.27 bits per heavy atom. The van der Waals surface area contributed by atoms with Crippen molar-refractivity contribution in [3.63, 3.8) is 0 Å². The molecule has 1 rings (SSSR count). The van der Waals surface area contributed by atoms with Gasteiger partial charge in [-0.1, -0.05) is 13.8 Å². The molecule has 1 heterocycles. The van der Waals surface area contributed by atoms with Crippen LogP contribution in [-0.4, -0.2) is 22.6 Å². The van der Waals surface area contributed by atoms with Crippen molar-refractivity contribution in [2.45, 2.75) is 33.7 Å². The molecule has 0 aliphatic carbocycles. The molecular weight excluding hydrogens is 188 g/mol. The van der Waals surface area contributed by atoms with Crippen molar-refractivity contribution in [3.05, 3.63) is 12.4 Å². The van der Waals surface area contributed by atoms with Crippen LogP contribution in [0.15, 0.2) is 12.4 Å². The summed E-state index contributed by atoms with van der Waals surface area (Å²) in [5, 5.41) is 3.37. The van der Waals surface area contributed by atoms with Crippen LogP contribution in [0.4, 0.5) is 5.95 Å². The van der Waals surface area contributed by atoms with Gasteiger partial charge in [-0.15, -0.1) is 0 Å². The molecule has 0 saturated carbocycles. The lowest BCUT2D eigenvalue weighted by molar-refractivity contribution is 0.364. The molecule has 0 amide bonds. The minimum Gasteiger partial charge on any atom is -0.355 e. The number of anilines is 1. The Morgan fingerprint density at radius 3 is 2.87 bits per heavy atom. The summed E-state index contributed by atoms with van der Waals surface area (Å²) in [6.45, 7) is 9.12. The van der Waals surface area contributed by atoms with E-state index in [-0.39, 0.29) is 5.41 Å². The van der Waals surface area contributed by atoms with Gasteiger partial charge in [0.15, 0.2) is 0 Å². The van der Waals surface area contributed by atoms with E-state index in [1.807, 2.05) is 12.4 Å². The lowest BCUT2D eigenvalue weighted by atomic mass is 9.89. The highest BCUT2D eigenvalue weighted by Gasteiger charge is 2.17. The largest absolute Gasteiger partial charge is 0.355 e. The van der Waals surface area contributed by atoms with Gasteiger partial charge in [0.05, 0.1) is 0 Å². The predicted octanol–water partition coefficient (Wildman–Crippen LogP) is 1.69. The molecule has 0 saturated heterocycles. The Morgan fingerprint density at radius 1 is 1.53 bits per heavy atom. The second kappa shape index (κ2) is 5.16. The molecule has 0 aliphatic heterocycles. The Kier molecular flexibility index (Phi) is 4.15. The lowest BCUT2D eigenvalue weighted by Crippen LogP contribution is -2.27. The Hall–Kier alpha value is -1.03. The SMILES string of the molecule is CCn1ccnc1NCC(C)(C)CCN. The van der Waals surface area contributed by atoms with E-state index in [0.717, 1.165) is 32.0 Å². The van der Waals surface area contributed by atoms with E-state index in [2.05, 4.69) is 35.6 Å². The first-order valence-electron chi connectivity index (χ1n) is 5.54. The zero-order valence-electron chi connectivity index (χ0n) is 9.95. The summed E-state index contributed by atoms with van der Waals surface area (Å²) in [5.41, 5.74) is 5.79. The van der Waals surface area contributed by atoms with Crippen molar-refractivity contribution in [3.8, 4) is 0 Å². The summed E-state index contributed by atoms with van der Waals surface area (Å²) in [6, 6.07) is 0. The van der Waals surface area contributed by atoms with Gasteiger partial charge in [0.25, 0.3) is 0 Å². The van der Waals surface area contributed by atoms with Crippen molar-refractivity contribution in [2.75, 3.05) is 18.4 Å². The number of rotatable bonds is 6. The summed E-state index contributed by atoms with van der Waals surface area (Å²) in [4.78, 5) is 4.27. The molecule has 0 spiro atoms. The zero-order chi connectivity index (χ0) is 11.3. The van der Waals surface area contributed by atoms with Crippen molar-refractivity contribution < 1.29 is 0 Å². The number of aryl methyl sites for hydroxylation is 1. The maximum absolute atomic E-state index is 5.57. The second-order valence-corrected chi connectivity index (χ2v) is 4.59. The molecular formula is C11H22N4. The predicted molar refractivity (Wildman–Crippen MR) is 63.8 cm³/mol. The topological polar surface area (TPSA) is 55.9 Å². The fourth-order valence-corrected chi connectivity index (χ4v) is 1.53. The molecule has 0 aliphatic rings. The first-order chi connectivity index (χ1) is 7.09. The number of imidazole rings is 1. The van der Waals surface area contributed by atoms with Gasteiger partial charge in [0.1, 0.15) is 0 Å². The van der Waals surface area contributed by atoms with Crippen LogP contribution in [0.25, 0.3) is 0 Å². The Bertz CT molecular complexity index is 291. The fourth-order valence-electron chi connectivity index (χ4n) is 1.53. The Labute approximate surface area is 91.9 Å². The van der Waals surface area contributed by atoms with Gasteiger partial charge >= 0.3 is 0 Å². The van der Waals surface area contributed by atoms with Crippen LogP contribution in [0.2, 0.25) is 0 Å². The first kappa shape index (κ1) is 12.0. The molecule has 4 nitrogen and oxygen atoms in total. The second-order valence-electron chi connectivity index (χ2n) is 4.59. The monoisotopic (exact) mass is 210 g/mol. The van der Waals surface area contributed by atoms with Crippen molar-refractivity contribution in [1.29, 1.82) is 0 Å². The molecule has 0 aromatic carbocycles. The van der Waals surface area contributed by atoms with Crippen molar-refractivity contribution in [2.24, 2.45) is 11.1 Å². The standard InChI is InChI=1S/C11H22N4/c1-4-15-8-7-13-10(15)14-9-11(2,3)5-6-12/h7-8H,4-6,9,12H2,1-3H3,(H,13,14). The van der Waals surface area contributed by atoms with Gasteiger partial charge in [0, 0.05) is 25.5 Å². The highest BCUT2D eigenvalue weighted by Crippen LogP contribution is 2.19. The van der Waals surface area contributed by atoms with Crippen LogP contribution in [-0.2, 0) is 6.54 Å². The molecule has 0 radical (unpaired) electrons. The number of aromatic nitrogens is 2. The van der Waals surface area contributed by atoms with E-state index in [0.29, 0.717) is 0 Å². The number of nitrogens with one attached hydrogen (secondary N) is 1. The van der Waals surface area contributed by atoms with Gasteiger partial charge in [-0.05, 0) is 25.3 Å². The van der Waals surface area contributed by atoms with Crippen LogP contribution in [0.5, 0.6) is 0 Å². The molecule has 3 N–H and O–H groups in total. The van der Waals surface area contributed by atoms with Gasteiger partial charge in [-0.3, -0.25) is 0 Å². The van der Waals surface area contributed by atoms with E-state index in [4.69, 9.17) is 5.73 Å². The zero-order valence-corrected chi connectivity index (χ0v) is 9.95. The number of nitrogens with two attached hydrogens (primary N) is 1. The van der Waals surface area contributed by atoms with E-state index in [1.54, 1.807) is 0 Å². The summed E-state index contributed by atoms with van der Waals surface area (Å²) >= 11 is 0. The summed E-state index contributed by atoms with van der Waals surface area (Å²) in [5.74, 6) is 0.947. The lowest BCUT2D eigenvalue weighted by Gasteiger charge is -2.24. The fraction of sp³-hybridized carbons (Fsp3) is 0.727. The van der Waals surface area contributed by atoms with Gasteiger partial charge in [-0.25, -0.2) is 4.98 Å². The maximum Gasteiger partial charge on any atom is 0.202 e. The quantitative estimate of drug-likeness (QED) is 0.751. The van der Waals surface area contributed by atoms with Crippen LogP contribution in [0, 0.1) is 5.41 Å².